The second-order valence-electron chi connectivity index (χ2n) is 9.20. The molecule has 1 aliphatic rings. The SMILES string of the molecule is C/C(=N/NC(=O)C1CCN(S(=O)(=O)c2ccc(C)cc2)CC1)c1ccc(NC(=O)c2ccc(F)cc2)cc1. The quantitative estimate of drug-likeness (QED) is 0.346. The average molecular weight is 537 g/mol. The molecule has 1 heterocycles. The summed E-state index contributed by atoms with van der Waals surface area (Å²) in [5.74, 6) is -1.35. The van der Waals surface area contributed by atoms with E-state index in [2.05, 4.69) is 15.8 Å². The predicted molar refractivity (Wildman–Crippen MR) is 144 cm³/mol. The maximum absolute atomic E-state index is 13.0. The third kappa shape index (κ3) is 6.51. The predicted octanol–water partition coefficient (Wildman–Crippen LogP) is 4.33. The van der Waals surface area contributed by atoms with E-state index in [1.54, 1.807) is 55.5 Å². The molecule has 10 heteroatoms. The lowest BCUT2D eigenvalue weighted by Gasteiger charge is -2.30. The van der Waals surface area contributed by atoms with Crippen LogP contribution < -0.4 is 10.7 Å². The number of anilines is 1. The van der Waals surface area contributed by atoms with Crippen LogP contribution in [0.5, 0.6) is 0 Å². The minimum Gasteiger partial charge on any atom is -0.322 e. The molecule has 0 spiro atoms. The summed E-state index contributed by atoms with van der Waals surface area (Å²) in [6, 6.07) is 19.0. The van der Waals surface area contributed by atoms with Crippen molar-refractivity contribution in [1.82, 2.24) is 9.73 Å². The van der Waals surface area contributed by atoms with E-state index in [9.17, 15) is 22.4 Å². The molecule has 8 nitrogen and oxygen atoms in total. The second kappa shape index (κ2) is 11.7. The third-order valence-electron chi connectivity index (χ3n) is 6.48. The number of sulfonamides is 1. The van der Waals surface area contributed by atoms with Crippen molar-refractivity contribution in [3.63, 3.8) is 0 Å². The summed E-state index contributed by atoms with van der Waals surface area (Å²) in [4.78, 5) is 25.2. The Morgan fingerprint density at radius 2 is 1.47 bits per heavy atom. The Balaban J connectivity index is 1.29. The van der Waals surface area contributed by atoms with E-state index < -0.39 is 15.8 Å². The highest BCUT2D eigenvalue weighted by Gasteiger charge is 2.32. The van der Waals surface area contributed by atoms with Gasteiger partial charge in [-0.25, -0.2) is 18.2 Å². The lowest BCUT2D eigenvalue weighted by atomic mass is 9.98. The number of rotatable bonds is 7. The number of nitrogens with one attached hydrogen (secondary N) is 2. The summed E-state index contributed by atoms with van der Waals surface area (Å²) in [5.41, 5.74) is 5.82. The van der Waals surface area contributed by atoms with Crippen LogP contribution in [0.2, 0.25) is 0 Å². The first-order chi connectivity index (χ1) is 18.1. The summed E-state index contributed by atoms with van der Waals surface area (Å²) in [7, 11) is -3.59. The van der Waals surface area contributed by atoms with E-state index in [-0.39, 0.29) is 35.7 Å². The molecule has 0 aromatic heterocycles. The topological polar surface area (TPSA) is 108 Å². The molecule has 1 fully saturated rings. The molecule has 1 saturated heterocycles. The number of carbonyl (C=O) groups excluding carboxylic acids is 2. The Morgan fingerprint density at radius 3 is 2.08 bits per heavy atom. The number of halogens is 1. The number of hydrazone groups is 1. The molecule has 0 saturated carbocycles. The standard InChI is InChI=1S/C28H29FN4O4S/c1-19-3-13-26(14-4-19)38(36,37)33-17-15-23(16-18-33)28(35)32-31-20(2)21-7-11-25(12-8-21)30-27(34)22-5-9-24(29)10-6-22/h3-14,23H,15-18H2,1-2H3,(H,30,34)(H,32,35)/b31-20-. The van der Waals surface area contributed by atoms with Crippen molar-refractivity contribution in [2.24, 2.45) is 11.0 Å². The van der Waals surface area contributed by atoms with Crippen LogP contribution in [-0.2, 0) is 14.8 Å². The van der Waals surface area contributed by atoms with Crippen LogP contribution in [0.15, 0.2) is 82.8 Å². The van der Waals surface area contributed by atoms with Gasteiger partial charge in [-0.15, -0.1) is 0 Å². The largest absolute Gasteiger partial charge is 0.322 e. The number of hydrogen-bond donors (Lipinski definition) is 2. The smallest absolute Gasteiger partial charge is 0.255 e. The Morgan fingerprint density at radius 1 is 0.895 bits per heavy atom. The van der Waals surface area contributed by atoms with Gasteiger partial charge in [-0.2, -0.15) is 9.41 Å². The summed E-state index contributed by atoms with van der Waals surface area (Å²) in [6.07, 6.45) is 0.821. The molecule has 4 rings (SSSR count). The Labute approximate surface area is 221 Å². The lowest BCUT2D eigenvalue weighted by molar-refractivity contribution is -0.126. The van der Waals surface area contributed by atoms with Crippen molar-refractivity contribution < 1.29 is 22.4 Å². The summed E-state index contributed by atoms with van der Waals surface area (Å²) in [5, 5.41) is 6.95. The number of nitrogens with zero attached hydrogens (tertiary/aromatic N) is 2. The first-order valence-electron chi connectivity index (χ1n) is 12.2. The highest BCUT2D eigenvalue weighted by molar-refractivity contribution is 7.89. The molecule has 0 unspecified atom stereocenters. The Bertz CT molecular complexity index is 1430. The van der Waals surface area contributed by atoms with Gasteiger partial charge in [0.1, 0.15) is 5.82 Å². The van der Waals surface area contributed by atoms with E-state index in [1.165, 1.54) is 28.6 Å². The third-order valence-corrected chi connectivity index (χ3v) is 8.40. The van der Waals surface area contributed by atoms with Crippen molar-refractivity contribution >= 4 is 33.2 Å². The summed E-state index contributed by atoms with van der Waals surface area (Å²) < 4.78 is 40.2. The van der Waals surface area contributed by atoms with Crippen LogP contribution in [-0.4, -0.2) is 43.3 Å². The molecule has 1 aliphatic heterocycles. The molecule has 0 atom stereocenters. The van der Waals surface area contributed by atoms with Gasteiger partial charge in [0.05, 0.1) is 10.6 Å². The molecule has 2 N–H and O–H groups in total. The molecule has 198 valence electrons. The molecular weight excluding hydrogens is 507 g/mol. The van der Waals surface area contributed by atoms with Gasteiger partial charge in [0.2, 0.25) is 15.9 Å². The highest BCUT2D eigenvalue weighted by atomic mass is 32.2. The van der Waals surface area contributed by atoms with Crippen molar-refractivity contribution in [1.29, 1.82) is 0 Å². The van der Waals surface area contributed by atoms with Crippen LogP contribution in [0.3, 0.4) is 0 Å². The normalized spacial score (nSPS) is 15.2. The lowest BCUT2D eigenvalue weighted by Crippen LogP contribution is -2.42. The zero-order valence-electron chi connectivity index (χ0n) is 21.1. The average Bonchev–Trinajstić information content (AvgIpc) is 2.92. The van der Waals surface area contributed by atoms with Crippen LogP contribution in [0.1, 0.15) is 41.3 Å². The van der Waals surface area contributed by atoms with Gasteiger partial charge in [0.25, 0.3) is 5.91 Å². The number of piperidine rings is 1. The van der Waals surface area contributed by atoms with Gasteiger partial charge < -0.3 is 5.32 Å². The van der Waals surface area contributed by atoms with Crippen LogP contribution in [0, 0.1) is 18.7 Å². The number of aryl methyl sites for hydroxylation is 1. The van der Waals surface area contributed by atoms with Crippen LogP contribution in [0.25, 0.3) is 0 Å². The van der Waals surface area contributed by atoms with E-state index >= 15 is 0 Å². The number of amides is 2. The van der Waals surface area contributed by atoms with Gasteiger partial charge >= 0.3 is 0 Å². The monoisotopic (exact) mass is 536 g/mol. The zero-order valence-corrected chi connectivity index (χ0v) is 22.0. The summed E-state index contributed by atoms with van der Waals surface area (Å²) in [6.45, 7) is 4.19. The number of benzene rings is 3. The van der Waals surface area contributed by atoms with Gasteiger partial charge in [-0.3, -0.25) is 9.59 Å². The van der Waals surface area contributed by atoms with Crippen molar-refractivity contribution in [3.8, 4) is 0 Å². The van der Waals surface area contributed by atoms with Crippen LogP contribution >= 0.6 is 0 Å². The molecular formula is C28H29FN4O4S. The number of carbonyl (C=O) groups is 2. The van der Waals surface area contributed by atoms with E-state index in [1.807, 2.05) is 6.92 Å². The van der Waals surface area contributed by atoms with E-state index in [0.29, 0.717) is 29.8 Å². The molecule has 0 aliphatic carbocycles. The van der Waals surface area contributed by atoms with E-state index in [0.717, 1.165) is 11.1 Å². The highest BCUT2D eigenvalue weighted by Crippen LogP contribution is 2.24. The summed E-state index contributed by atoms with van der Waals surface area (Å²) >= 11 is 0. The molecule has 2 amide bonds. The van der Waals surface area contributed by atoms with Gasteiger partial charge in [0.15, 0.2) is 0 Å². The second-order valence-corrected chi connectivity index (χ2v) is 11.1. The first kappa shape index (κ1) is 27.2. The number of hydrogen-bond acceptors (Lipinski definition) is 5. The van der Waals surface area contributed by atoms with Gasteiger partial charge in [0, 0.05) is 30.3 Å². The molecule has 0 bridgehead atoms. The van der Waals surface area contributed by atoms with Gasteiger partial charge in [-0.1, -0.05) is 29.8 Å². The Hall–Kier alpha value is -3.89. The molecule has 0 radical (unpaired) electrons. The fourth-order valence-corrected chi connectivity index (χ4v) is 5.58. The maximum atomic E-state index is 13.0. The fourth-order valence-electron chi connectivity index (χ4n) is 4.11. The minimum absolute atomic E-state index is 0.250. The molecule has 3 aromatic rings. The molecule has 3 aromatic carbocycles. The minimum atomic E-state index is -3.59. The van der Waals surface area contributed by atoms with Crippen molar-refractivity contribution in [2.45, 2.75) is 31.6 Å². The Kier molecular flexibility index (Phi) is 8.33. The van der Waals surface area contributed by atoms with Crippen LogP contribution in [0.4, 0.5) is 10.1 Å². The van der Waals surface area contributed by atoms with Gasteiger partial charge in [-0.05, 0) is 80.8 Å². The van der Waals surface area contributed by atoms with E-state index in [4.69, 9.17) is 0 Å². The fraction of sp³-hybridized carbons (Fsp3) is 0.250. The first-order valence-corrected chi connectivity index (χ1v) is 13.7. The zero-order chi connectivity index (χ0) is 27.3. The molecule has 38 heavy (non-hydrogen) atoms. The van der Waals surface area contributed by atoms with Crippen molar-refractivity contribution in [2.75, 3.05) is 18.4 Å². The maximum Gasteiger partial charge on any atom is 0.255 e. The van der Waals surface area contributed by atoms with Crippen molar-refractivity contribution in [3.05, 3.63) is 95.3 Å².